The van der Waals surface area contributed by atoms with Crippen LogP contribution in [0.5, 0.6) is 0 Å². The molecule has 0 radical (unpaired) electrons. The van der Waals surface area contributed by atoms with E-state index in [1.165, 1.54) is 28.8 Å². The average molecular weight is 507 g/mol. The molecule has 1 aromatic carbocycles. The molecule has 33 heavy (non-hydrogen) atoms. The van der Waals surface area contributed by atoms with Gasteiger partial charge in [-0.1, -0.05) is 23.2 Å². The summed E-state index contributed by atoms with van der Waals surface area (Å²) < 4.78 is 31.2. The largest absolute Gasteiger partial charge is 0.352 e. The molecule has 0 bridgehead atoms. The maximum Gasteiger partial charge on any atom is 0.243 e. The van der Waals surface area contributed by atoms with Crippen molar-refractivity contribution in [1.29, 1.82) is 0 Å². The highest BCUT2D eigenvalue weighted by molar-refractivity contribution is 7.89. The zero-order valence-electron chi connectivity index (χ0n) is 17.9. The smallest absolute Gasteiger partial charge is 0.243 e. The molecule has 0 atom stereocenters. The van der Waals surface area contributed by atoms with Crippen molar-refractivity contribution in [1.82, 2.24) is 33.6 Å². The number of rotatable bonds is 4. The van der Waals surface area contributed by atoms with Crippen LogP contribution in [0.15, 0.2) is 41.8 Å². The van der Waals surface area contributed by atoms with Gasteiger partial charge in [0.1, 0.15) is 12.2 Å². The van der Waals surface area contributed by atoms with Crippen molar-refractivity contribution in [2.24, 2.45) is 14.1 Å². The second kappa shape index (κ2) is 8.24. The third kappa shape index (κ3) is 3.84. The van der Waals surface area contributed by atoms with Gasteiger partial charge in [-0.15, -0.1) is 0 Å². The quantitative estimate of drug-likeness (QED) is 0.419. The normalized spacial score (nSPS) is 15.5. The minimum Gasteiger partial charge on any atom is -0.352 e. The Hall–Kier alpha value is -2.73. The molecular weight excluding hydrogens is 487 g/mol. The first-order chi connectivity index (χ1) is 15.8. The number of piperazine rings is 1. The van der Waals surface area contributed by atoms with E-state index in [0.717, 1.165) is 11.4 Å². The lowest BCUT2D eigenvalue weighted by Gasteiger charge is -2.34. The van der Waals surface area contributed by atoms with Crippen molar-refractivity contribution in [2.45, 2.75) is 4.90 Å². The Labute approximate surface area is 200 Å². The Morgan fingerprint density at radius 1 is 1.00 bits per heavy atom. The van der Waals surface area contributed by atoms with Gasteiger partial charge in [0.2, 0.25) is 10.0 Å². The van der Waals surface area contributed by atoms with Crippen molar-refractivity contribution in [2.75, 3.05) is 31.1 Å². The molecule has 172 valence electrons. The first kappa shape index (κ1) is 22.1. The summed E-state index contributed by atoms with van der Waals surface area (Å²) in [7, 11) is 0.0652. The molecule has 13 heteroatoms. The fourth-order valence-corrected chi connectivity index (χ4v) is 5.75. The van der Waals surface area contributed by atoms with Crippen molar-refractivity contribution in [3.05, 3.63) is 47.0 Å². The highest BCUT2D eigenvalue weighted by Gasteiger charge is 2.30. The van der Waals surface area contributed by atoms with Crippen molar-refractivity contribution in [3.8, 4) is 11.4 Å². The summed E-state index contributed by atoms with van der Waals surface area (Å²) in [5, 5.41) is 4.74. The minimum absolute atomic E-state index is 0.126. The van der Waals surface area contributed by atoms with E-state index in [9.17, 15) is 8.42 Å². The number of hydrogen-bond acceptors (Lipinski definition) is 7. The lowest BCUT2D eigenvalue weighted by atomic mass is 10.3. The molecule has 1 aliphatic heterocycles. The molecule has 0 amide bonds. The number of aryl methyl sites for hydroxylation is 2. The first-order valence-electron chi connectivity index (χ1n) is 10.1. The molecule has 0 aliphatic carbocycles. The molecule has 0 unspecified atom stereocenters. The van der Waals surface area contributed by atoms with Crippen LogP contribution in [-0.4, -0.2) is 68.2 Å². The van der Waals surface area contributed by atoms with E-state index in [2.05, 4.69) is 15.1 Å². The number of benzene rings is 1. The van der Waals surface area contributed by atoms with Gasteiger partial charge >= 0.3 is 0 Å². The summed E-state index contributed by atoms with van der Waals surface area (Å²) in [5.74, 6) is 1.41. The van der Waals surface area contributed by atoms with Crippen LogP contribution in [0.2, 0.25) is 10.0 Å². The summed E-state index contributed by atoms with van der Waals surface area (Å²) in [6, 6.07) is 4.34. The monoisotopic (exact) mass is 506 g/mol. The van der Waals surface area contributed by atoms with Gasteiger partial charge in [-0.25, -0.2) is 23.4 Å². The lowest BCUT2D eigenvalue weighted by Crippen LogP contribution is -2.49. The van der Waals surface area contributed by atoms with Crippen LogP contribution < -0.4 is 4.90 Å². The van der Waals surface area contributed by atoms with Crippen LogP contribution >= 0.6 is 23.2 Å². The van der Waals surface area contributed by atoms with Crippen LogP contribution in [0.1, 0.15) is 0 Å². The second-order valence-electron chi connectivity index (χ2n) is 7.73. The summed E-state index contributed by atoms with van der Waals surface area (Å²) in [5.41, 5.74) is 2.24. The fraction of sp³-hybridized carbons (Fsp3) is 0.300. The Morgan fingerprint density at radius 2 is 1.76 bits per heavy atom. The molecule has 1 saturated heterocycles. The summed E-state index contributed by atoms with van der Waals surface area (Å²) in [6.45, 7) is 1.53. The molecule has 1 aliphatic rings. The van der Waals surface area contributed by atoms with Crippen LogP contribution in [0, 0.1) is 0 Å². The van der Waals surface area contributed by atoms with Crippen LogP contribution in [0.4, 0.5) is 5.82 Å². The third-order valence-corrected chi connectivity index (χ3v) is 8.30. The molecule has 4 aromatic rings. The van der Waals surface area contributed by atoms with Gasteiger partial charge in [-0.3, -0.25) is 4.68 Å². The average Bonchev–Trinajstić information content (AvgIpc) is 3.38. The Balaban J connectivity index is 1.41. The van der Waals surface area contributed by atoms with E-state index < -0.39 is 10.0 Å². The molecule has 1 fully saturated rings. The van der Waals surface area contributed by atoms with Gasteiger partial charge in [-0.2, -0.15) is 9.40 Å². The van der Waals surface area contributed by atoms with Gasteiger partial charge in [0, 0.05) is 46.5 Å². The number of nitrogens with zero attached hydrogens (tertiary/aromatic N) is 8. The molecule has 4 heterocycles. The summed E-state index contributed by atoms with van der Waals surface area (Å²) >= 11 is 12.0. The molecular formula is C20H20Cl2N8O2S. The molecule has 0 N–H and O–H groups in total. The number of fused-ring (bicyclic) bond motifs is 1. The third-order valence-electron chi connectivity index (χ3n) is 5.67. The van der Waals surface area contributed by atoms with E-state index in [4.69, 9.17) is 28.2 Å². The number of halogens is 2. The van der Waals surface area contributed by atoms with Gasteiger partial charge in [0.15, 0.2) is 17.0 Å². The Morgan fingerprint density at radius 3 is 2.42 bits per heavy atom. The number of sulfonamides is 1. The van der Waals surface area contributed by atoms with Gasteiger partial charge in [0.05, 0.1) is 26.7 Å². The Bertz CT molecular complexity index is 1460. The number of anilines is 1. The van der Waals surface area contributed by atoms with Crippen LogP contribution in [0.3, 0.4) is 0 Å². The van der Waals surface area contributed by atoms with Crippen LogP contribution in [-0.2, 0) is 24.1 Å². The molecule has 0 spiro atoms. The van der Waals surface area contributed by atoms with Crippen LogP contribution in [0.25, 0.3) is 22.6 Å². The van der Waals surface area contributed by atoms with Crippen molar-refractivity contribution >= 4 is 50.2 Å². The summed E-state index contributed by atoms with van der Waals surface area (Å²) in [6.07, 6.45) is 5.15. The maximum absolute atomic E-state index is 13.1. The first-order valence-corrected chi connectivity index (χ1v) is 12.3. The number of imidazole rings is 1. The SMILES string of the molecule is Cn1cc(-c2nc3c(N4CCN(S(=O)(=O)c5ccc(Cl)c(Cl)c5)CC4)ncnc3n2C)cn1. The lowest BCUT2D eigenvalue weighted by molar-refractivity contribution is 0.384. The molecule has 10 nitrogen and oxygen atoms in total. The van der Waals surface area contributed by atoms with Gasteiger partial charge in [0.25, 0.3) is 0 Å². The van der Waals surface area contributed by atoms with E-state index >= 15 is 0 Å². The highest BCUT2D eigenvalue weighted by atomic mass is 35.5. The van der Waals surface area contributed by atoms with Gasteiger partial charge in [-0.05, 0) is 18.2 Å². The van der Waals surface area contributed by atoms with E-state index in [1.807, 2.05) is 29.8 Å². The zero-order valence-corrected chi connectivity index (χ0v) is 20.2. The predicted molar refractivity (Wildman–Crippen MR) is 126 cm³/mol. The van der Waals surface area contributed by atoms with Crippen molar-refractivity contribution < 1.29 is 8.42 Å². The molecule has 5 rings (SSSR count). The van der Waals surface area contributed by atoms with E-state index in [0.29, 0.717) is 48.2 Å². The van der Waals surface area contributed by atoms with E-state index in [1.54, 1.807) is 10.9 Å². The number of hydrogen-bond donors (Lipinski definition) is 0. The fourth-order valence-electron chi connectivity index (χ4n) is 3.94. The standard InChI is InChI=1S/C20H20Cl2N8O2S/c1-27-11-13(10-25-27)18-26-17-19(28(18)2)23-12-24-20(17)29-5-7-30(8-6-29)33(31,32)14-3-4-15(21)16(22)9-14/h3-4,9-12H,5-8H2,1-2H3. The zero-order chi connectivity index (χ0) is 23.3. The topological polar surface area (TPSA) is 102 Å². The summed E-state index contributed by atoms with van der Waals surface area (Å²) in [4.78, 5) is 15.8. The maximum atomic E-state index is 13.1. The Kier molecular flexibility index (Phi) is 5.52. The second-order valence-corrected chi connectivity index (χ2v) is 10.5. The number of aromatic nitrogens is 6. The minimum atomic E-state index is -3.68. The molecule has 3 aromatic heterocycles. The van der Waals surface area contributed by atoms with Gasteiger partial charge < -0.3 is 9.47 Å². The van der Waals surface area contributed by atoms with E-state index in [-0.39, 0.29) is 9.92 Å². The van der Waals surface area contributed by atoms with Crippen molar-refractivity contribution in [3.63, 3.8) is 0 Å². The predicted octanol–water partition coefficient (Wildman–Crippen LogP) is 2.58. The highest BCUT2D eigenvalue weighted by Crippen LogP contribution is 2.30. The molecule has 0 saturated carbocycles.